The molecule has 1 aliphatic carbocycles. The largest absolute Gasteiger partial charge is 0.326 e. The monoisotopic (exact) mass is 254 g/mol. The van der Waals surface area contributed by atoms with E-state index >= 15 is 0 Å². The van der Waals surface area contributed by atoms with Gasteiger partial charge in [-0.2, -0.15) is 0 Å². The average molecular weight is 254 g/mol. The summed E-state index contributed by atoms with van der Waals surface area (Å²) in [6, 6.07) is 5.81. The van der Waals surface area contributed by atoms with Crippen molar-refractivity contribution in [2.45, 2.75) is 24.7 Å². The van der Waals surface area contributed by atoms with Gasteiger partial charge in [0.15, 0.2) is 0 Å². The van der Waals surface area contributed by atoms with Gasteiger partial charge >= 0.3 is 0 Å². The second kappa shape index (κ2) is 3.82. The number of benzene rings is 1. The van der Waals surface area contributed by atoms with Crippen LogP contribution in [0.1, 0.15) is 19.8 Å². The summed E-state index contributed by atoms with van der Waals surface area (Å²) in [7, 11) is -3.68. The first-order valence-corrected chi connectivity index (χ1v) is 6.80. The first-order valence-electron chi connectivity index (χ1n) is 5.26. The molecule has 0 aromatic heterocycles. The Labute approximate surface area is 100 Å². The summed E-state index contributed by atoms with van der Waals surface area (Å²) >= 11 is 0. The van der Waals surface area contributed by atoms with E-state index in [0.29, 0.717) is 5.69 Å². The lowest BCUT2D eigenvalue weighted by Gasteiger charge is -2.10. The maximum absolute atomic E-state index is 11.7. The Kier molecular flexibility index (Phi) is 2.71. The number of hydrogen-bond acceptors (Lipinski definition) is 3. The van der Waals surface area contributed by atoms with Gasteiger partial charge in [-0.3, -0.25) is 4.79 Å². The third-order valence-electron chi connectivity index (χ3n) is 2.99. The molecule has 1 amide bonds. The van der Waals surface area contributed by atoms with Gasteiger partial charge in [0.05, 0.1) is 4.90 Å². The zero-order valence-electron chi connectivity index (χ0n) is 9.43. The average Bonchev–Trinajstić information content (AvgIpc) is 2.97. The van der Waals surface area contributed by atoms with Gasteiger partial charge in [0.25, 0.3) is 0 Å². The minimum atomic E-state index is -3.68. The van der Waals surface area contributed by atoms with E-state index in [9.17, 15) is 13.2 Å². The SMILES string of the molecule is CC1(C(=O)Nc2ccc(S(N)(=O)=O)cc2)CC1. The molecule has 0 atom stereocenters. The topological polar surface area (TPSA) is 89.3 Å². The van der Waals surface area contributed by atoms with Crippen molar-refractivity contribution in [1.82, 2.24) is 0 Å². The number of carbonyl (C=O) groups is 1. The lowest BCUT2D eigenvalue weighted by Crippen LogP contribution is -2.21. The highest BCUT2D eigenvalue weighted by atomic mass is 32.2. The molecule has 1 saturated carbocycles. The first-order chi connectivity index (χ1) is 7.81. The van der Waals surface area contributed by atoms with E-state index in [1.807, 2.05) is 6.92 Å². The molecule has 1 aliphatic rings. The van der Waals surface area contributed by atoms with Crippen molar-refractivity contribution in [1.29, 1.82) is 0 Å². The highest BCUT2D eigenvalue weighted by molar-refractivity contribution is 7.89. The summed E-state index contributed by atoms with van der Waals surface area (Å²) in [6.07, 6.45) is 1.79. The van der Waals surface area contributed by atoms with Crippen molar-refractivity contribution in [2.75, 3.05) is 5.32 Å². The first kappa shape index (κ1) is 12.1. The van der Waals surface area contributed by atoms with Crippen molar-refractivity contribution in [3.63, 3.8) is 0 Å². The van der Waals surface area contributed by atoms with Gasteiger partial charge in [-0.25, -0.2) is 13.6 Å². The van der Waals surface area contributed by atoms with Crippen LogP contribution in [0.25, 0.3) is 0 Å². The van der Waals surface area contributed by atoms with E-state index in [4.69, 9.17) is 5.14 Å². The van der Waals surface area contributed by atoms with E-state index in [0.717, 1.165) is 12.8 Å². The molecule has 1 aromatic rings. The number of sulfonamides is 1. The number of hydrogen-bond donors (Lipinski definition) is 2. The summed E-state index contributed by atoms with van der Waals surface area (Å²) in [5, 5.41) is 7.72. The Morgan fingerprint density at radius 1 is 1.29 bits per heavy atom. The van der Waals surface area contributed by atoms with Crippen molar-refractivity contribution < 1.29 is 13.2 Å². The molecule has 3 N–H and O–H groups in total. The molecule has 0 radical (unpaired) electrons. The zero-order valence-corrected chi connectivity index (χ0v) is 10.3. The number of rotatable bonds is 3. The van der Waals surface area contributed by atoms with Crippen LogP contribution in [0.3, 0.4) is 0 Å². The Balaban J connectivity index is 2.11. The van der Waals surface area contributed by atoms with Crippen molar-refractivity contribution in [2.24, 2.45) is 10.6 Å². The molecule has 0 bridgehead atoms. The van der Waals surface area contributed by atoms with E-state index in [1.165, 1.54) is 24.3 Å². The fourth-order valence-electron chi connectivity index (χ4n) is 1.42. The van der Waals surface area contributed by atoms with E-state index < -0.39 is 10.0 Å². The van der Waals surface area contributed by atoms with E-state index in [2.05, 4.69) is 5.32 Å². The highest BCUT2D eigenvalue weighted by Crippen LogP contribution is 2.45. The molecule has 0 aliphatic heterocycles. The minimum Gasteiger partial charge on any atom is -0.326 e. The smallest absolute Gasteiger partial charge is 0.238 e. The molecule has 0 heterocycles. The van der Waals surface area contributed by atoms with Gasteiger partial charge in [0.1, 0.15) is 0 Å². The predicted molar refractivity (Wildman–Crippen MR) is 63.8 cm³/mol. The lowest BCUT2D eigenvalue weighted by atomic mass is 10.1. The molecule has 92 valence electrons. The zero-order chi connectivity index (χ0) is 12.7. The molecule has 5 nitrogen and oxygen atoms in total. The number of anilines is 1. The van der Waals surface area contributed by atoms with Crippen LogP contribution in [0.15, 0.2) is 29.2 Å². The summed E-state index contributed by atoms with van der Waals surface area (Å²) in [4.78, 5) is 11.8. The predicted octanol–water partition coefficient (Wildman–Crippen LogP) is 1.07. The lowest BCUT2D eigenvalue weighted by molar-refractivity contribution is -0.120. The molecular formula is C11H14N2O3S. The van der Waals surface area contributed by atoms with Crippen LogP contribution in [0.4, 0.5) is 5.69 Å². The van der Waals surface area contributed by atoms with Crippen LogP contribution in [-0.4, -0.2) is 14.3 Å². The van der Waals surface area contributed by atoms with Crippen LogP contribution in [-0.2, 0) is 14.8 Å². The van der Waals surface area contributed by atoms with Crippen LogP contribution in [0.2, 0.25) is 0 Å². The number of carbonyl (C=O) groups excluding carboxylic acids is 1. The molecule has 2 rings (SSSR count). The van der Waals surface area contributed by atoms with E-state index in [-0.39, 0.29) is 16.2 Å². The molecule has 17 heavy (non-hydrogen) atoms. The van der Waals surface area contributed by atoms with Gasteiger partial charge in [-0.1, -0.05) is 6.92 Å². The number of nitrogens with two attached hydrogens (primary N) is 1. The second-order valence-corrected chi connectivity index (χ2v) is 6.15. The molecule has 1 fully saturated rings. The van der Waals surface area contributed by atoms with Crippen LogP contribution in [0, 0.1) is 5.41 Å². The van der Waals surface area contributed by atoms with Crippen molar-refractivity contribution in [3.8, 4) is 0 Å². The molecule has 6 heteroatoms. The third-order valence-corrected chi connectivity index (χ3v) is 3.92. The van der Waals surface area contributed by atoms with Crippen LogP contribution < -0.4 is 10.5 Å². The molecule has 1 aromatic carbocycles. The Morgan fingerprint density at radius 3 is 2.24 bits per heavy atom. The normalized spacial score (nSPS) is 17.5. The van der Waals surface area contributed by atoms with Gasteiger partial charge in [0, 0.05) is 11.1 Å². The summed E-state index contributed by atoms with van der Waals surface area (Å²) in [5.74, 6) is -0.0270. The standard InChI is InChI=1S/C11H14N2O3S/c1-11(6-7-11)10(14)13-8-2-4-9(5-3-8)17(12,15)16/h2-5H,6-7H2,1H3,(H,13,14)(H2,12,15,16). The second-order valence-electron chi connectivity index (χ2n) is 4.58. The molecule has 0 unspecified atom stereocenters. The molecular weight excluding hydrogens is 240 g/mol. The number of amides is 1. The summed E-state index contributed by atoms with van der Waals surface area (Å²) in [6.45, 7) is 1.90. The third kappa shape index (κ3) is 2.65. The summed E-state index contributed by atoms with van der Waals surface area (Å²) < 4.78 is 22.1. The fourth-order valence-corrected chi connectivity index (χ4v) is 1.94. The van der Waals surface area contributed by atoms with Gasteiger partial charge in [-0.15, -0.1) is 0 Å². The molecule has 0 spiro atoms. The van der Waals surface area contributed by atoms with Crippen LogP contribution >= 0.6 is 0 Å². The van der Waals surface area contributed by atoms with E-state index in [1.54, 1.807) is 0 Å². The Morgan fingerprint density at radius 2 is 1.82 bits per heavy atom. The van der Waals surface area contributed by atoms with Crippen LogP contribution in [0.5, 0.6) is 0 Å². The van der Waals surface area contributed by atoms with Crippen molar-refractivity contribution in [3.05, 3.63) is 24.3 Å². The van der Waals surface area contributed by atoms with Crippen molar-refractivity contribution >= 4 is 21.6 Å². The van der Waals surface area contributed by atoms with Gasteiger partial charge < -0.3 is 5.32 Å². The maximum atomic E-state index is 11.7. The fraction of sp³-hybridized carbons (Fsp3) is 0.364. The Bertz CT molecular complexity index is 545. The quantitative estimate of drug-likeness (QED) is 0.845. The Hall–Kier alpha value is -1.40. The summed E-state index contributed by atoms with van der Waals surface area (Å²) in [5.41, 5.74) is 0.328. The number of nitrogens with one attached hydrogen (secondary N) is 1. The molecule has 0 saturated heterocycles. The number of primary sulfonamides is 1. The highest BCUT2D eigenvalue weighted by Gasteiger charge is 2.44. The van der Waals surface area contributed by atoms with Gasteiger partial charge in [-0.05, 0) is 37.1 Å². The maximum Gasteiger partial charge on any atom is 0.238 e. The van der Waals surface area contributed by atoms with Gasteiger partial charge in [0.2, 0.25) is 15.9 Å². The minimum absolute atomic E-state index is 0.0270.